The smallest absolute Gasteiger partial charge is 0.404 e. The highest BCUT2D eigenvalue weighted by Gasteiger charge is 2.37. The van der Waals surface area contributed by atoms with Gasteiger partial charge in [-0.15, -0.1) is 0 Å². The Morgan fingerprint density at radius 1 is 1.31 bits per heavy atom. The number of ether oxygens (including phenoxy) is 1. The number of nitrogens with zero attached hydrogens (tertiary/aromatic N) is 2. The Kier molecular flexibility index (Phi) is 4.68. The molecule has 0 saturated heterocycles. The van der Waals surface area contributed by atoms with Crippen LogP contribution in [0.25, 0.3) is 21.7 Å². The van der Waals surface area contributed by atoms with Crippen LogP contribution in [0.1, 0.15) is 31.0 Å². The Morgan fingerprint density at radius 3 is 2.69 bits per heavy atom. The number of rotatable bonds is 5. The van der Waals surface area contributed by atoms with Crippen LogP contribution in [0.4, 0.5) is 4.79 Å². The summed E-state index contributed by atoms with van der Waals surface area (Å²) in [5.41, 5.74) is 2.35. The number of hydrogen-bond acceptors (Lipinski definition) is 4. The second-order valence-electron chi connectivity index (χ2n) is 7.98. The van der Waals surface area contributed by atoms with Gasteiger partial charge in [0.15, 0.2) is 0 Å². The van der Waals surface area contributed by atoms with E-state index in [0.29, 0.717) is 22.7 Å². The SMILES string of the molecule is Cc1cc2c3ccnc(C)c3c(=O)n(C)c2cc1OC(C1CC1)C(C)NC(=O)O. The molecule has 1 aromatic carbocycles. The van der Waals surface area contributed by atoms with Crippen molar-refractivity contribution < 1.29 is 14.6 Å². The molecule has 7 heteroatoms. The lowest BCUT2D eigenvalue weighted by Crippen LogP contribution is -2.44. The van der Waals surface area contributed by atoms with Crippen LogP contribution in [0.15, 0.2) is 29.2 Å². The van der Waals surface area contributed by atoms with E-state index in [4.69, 9.17) is 9.84 Å². The molecule has 2 N–H and O–H groups in total. The van der Waals surface area contributed by atoms with Crippen LogP contribution < -0.4 is 15.6 Å². The molecule has 0 bridgehead atoms. The first-order valence-corrected chi connectivity index (χ1v) is 9.82. The number of carbonyl (C=O) groups is 1. The molecule has 4 rings (SSSR count). The van der Waals surface area contributed by atoms with E-state index in [1.54, 1.807) is 17.8 Å². The molecule has 2 heterocycles. The summed E-state index contributed by atoms with van der Waals surface area (Å²) in [6.07, 6.45) is 2.47. The summed E-state index contributed by atoms with van der Waals surface area (Å²) in [5, 5.41) is 14.1. The van der Waals surface area contributed by atoms with Crippen LogP contribution >= 0.6 is 0 Å². The molecular weight excluding hydrogens is 370 g/mol. The van der Waals surface area contributed by atoms with E-state index in [9.17, 15) is 9.59 Å². The largest absolute Gasteiger partial charge is 0.488 e. The third-order valence-corrected chi connectivity index (χ3v) is 5.80. The van der Waals surface area contributed by atoms with E-state index < -0.39 is 6.09 Å². The zero-order valence-corrected chi connectivity index (χ0v) is 17.0. The summed E-state index contributed by atoms with van der Waals surface area (Å²) in [4.78, 5) is 28.3. The zero-order valence-electron chi connectivity index (χ0n) is 17.0. The first kappa shape index (κ1) is 19.2. The van der Waals surface area contributed by atoms with Gasteiger partial charge in [-0.25, -0.2) is 4.79 Å². The summed E-state index contributed by atoms with van der Waals surface area (Å²) in [6.45, 7) is 5.64. The lowest BCUT2D eigenvalue weighted by Gasteiger charge is -2.26. The molecule has 1 saturated carbocycles. The Morgan fingerprint density at radius 2 is 2.03 bits per heavy atom. The maximum absolute atomic E-state index is 12.9. The fourth-order valence-electron chi connectivity index (χ4n) is 4.09. The standard InChI is InChI=1S/C22H25N3O4/c1-11-9-16-15-7-8-23-12(2)19(15)21(26)25(4)17(16)10-18(11)29-20(14-5-6-14)13(3)24-22(27)28/h7-10,13-14,20,24H,5-6H2,1-4H3,(H,27,28). The summed E-state index contributed by atoms with van der Waals surface area (Å²) in [5.74, 6) is 1.01. The van der Waals surface area contributed by atoms with Gasteiger partial charge >= 0.3 is 6.09 Å². The van der Waals surface area contributed by atoms with E-state index in [-0.39, 0.29) is 17.7 Å². The quantitative estimate of drug-likeness (QED) is 0.645. The van der Waals surface area contributed by atoms with Gasteiger partial charge < -0.3 is 19.7 Å². The Labute approximate surface area is 168 Å². The van der Waals surface area contributed by atoms with Crippen LogP contribution in [-0.2, 0) is 7.05 Å². The highest BCUT2D eigenvalue weighted by Crippen LogP contribution is 2.38. The molecule has 1 fully saturated rings. The number of aromatic nitrogens is 2. The molecular formula is C22H25N3O4. The van der Waals surface area contributed by atoms with Crippen molar-refractivity contribution in [1.82, 2.24) is 14.9 Å². The fraction of sp³-hybridized carbons (Fsp3) is 0.409. The van der Waals surface area contributed by atoms with Crippen LogP contribution in [0, 0.1) is 19.8 Å². The molecule has 0 spiro atoms. The van der Waals surface area contributed by atoms with Gasteiger partial charge in [-0.1, -0.05) is 0 Å². The molecule has 1 aliphatic carbocycles. The summed E-state index contributed by atoms with van der Waals surface area (Å²) < 4.78 is 7.95. The minimum absolute atomic E-state index is 0.0902. The van der Waals surface area contributed by atoms with Gasteiger partial charge in [-0.05, 0) is 62.6 Å². The van der Waals surface area contributed by atoms with E-state index in [1.165, 1.54) is 0 Å². The summed E-state index contributed by atoms with van der Waals surface area (Å²) in [6, 6.07) is 5.47. The van der Waals surface area contributed by atoms with Gasteiger partial charge in [-0.2, -0.15) is 0 Å². The van der Waals surface area contributed by atoms with Crippen molar-refractivity contribution in [2.75, 3.05) is 0 Å². The van der Waals surface area contributed by atoms with Crippen molar-refractivity contribution in [1.29, 1.82) is 0 Å². The lowest BCUT2D eigenvalue weighted by molar-refractivity contribution is 0.128. The molecule has 152 valence electrons. The lowest BCUT2D eigenvalue weighted by atomic mass is 10.0. The van der Waals surface area contributed by atoms with E-state index in [1.807, 2.05) is 39.0 Å². The number of nitrogens with one attached hydrogen (secondary N) is 1. The van der Waals surface area contributed by atoms with E-state index >= 15 is 0 Å². The maximum Gasteiger partial charge on any atom is 0.404 e. The molecule has 7 nitrogen and oxygen atoms in total. The van der Waals surface area contributed by atoms with Crippen LogP contribution in [0.2, 0.25) is 0 Å². The summed E-state index contributed by atoms with van der Waals surface area (Å²) >= 11 is 0. The molecule has 3 aromatic rings. The van der Waals surface area contributed by atoms with Crippen molar-refractivity contribution in [3.05, 3.63) is 46.0 Å². The van der Waals surface area contributed by atoms with E-state index in [2.05, 4.69) is 10.3 Å². The maximum atomic E-state index is 12.9. The Hall–Kier alpha value is -3.09. The number of benzene rings is 1. The zero-order chi connectivity index (χ0) is 20.9. The number of fused-ring (bicyclic) bond motifs is 3. The van der Waals surface area contributed by atoms with Gasteiger partial charge in [0, 0.05) is 24.7 Å². The average Bonchev–Trinajstić information content (AvgIpc) is 3.49. The second kappa shape index (κ2) is 7.06. The number of pyridine rings is 2. The molecule has 1 aliphatic rings. The molecule has 29 heavy (non-hydrogen) atoms. The average molecular weight is 395 g/mol. The second-order valence-corrected chi connectivity index (χ2v) is 7.98. The Balaban J connectivity index is 1.83. The molecule has 2 aromatic heterocycles. The van der Waals surface area contributed by atoms with Gasteiger partial charge in [0.2, 0.25) is 0 Å². The topological polar surface area (TPSA) is 93.5 Å². The first-order valence-electron chi connectivity index (χ1n) is 9.82. The van der Waals surface area contributed by atoms with Gasteiger partial charge in [0.1, 0.15) is 11.9 Å². The van der Waals surface area contributed by atoms with Gasteiger partial charge in [0.25, 0.3) is 5.56 Å². The fourth-order valence-corrected chi connectivity index (χ4v) is 4.09. The normalized spacial score (nSPS) is 16.0. The predicted octanol–water partition coefficient (Wildman–Crippen LogP) is 3.52. The van der Waals surface area contributed by atoms with Crippen molar-refractivity contribution >= 4 is 27.8 Å². The van der Waals surface area contributed by atoms with Crippen LogP contribution in [-0.4, -0.2) is 32.9 Å². The van der Waals surface area contributed by atoms with Crippen molar-refractivity contribution in [3.63, 3.8) is 0 Å². The number of carboxylic acid groups (broad SMARTS) is 1. The number of aryl methyl sites for hydroxylation is 3. The molecule has 0 radical (unpaired) electrons. The minimum Gasteiger partial charge on any atom is -0.488 e. The number of hydrogen-bond donors (Lipinski definition) is 2. The predicted molar refractivity (Wildman–Crippen MR) is 112 cm³/mol. The molecule has 2 unspecified atom stereocenters. The molecule has 0 aliphatic heterocycles. The van der Waals surface area contributed by atoms with Crippen molar-refractivity contribution in [2.24, 2.45) is 13.0 Å². The Bertz CT molecular complexity index is 1180. The van der Waals surface area contributed by atoms with Crippen molar-refractivity contribution in [2.45, 2.75) is 45.8 Å². The monoisotopic (exact) mass is 395 g/mol. The third kappa shape index (κ3) is 3.41. The highest BCUT2D eigenvalue weighted by molar-refractivity contribution is 6.06. The van der Waals surface area contributed by atoms with Gasteiger partial charge in [0.05, 0.1) is 22.6 Å². The molecule has 1 amide bonds. The van der Waals surface area contributed by atoms with Crippen molar-refractivity contribution in [3.8, 4) is 5.75 Å². The highest BCUT2D eigenvalue weighted by atomic mass is 16.5. The first-order chi connectivity index (χ1) is 13.8. The summed E-state index contributed by atoms with van der Waals surface area (Å²) in [7, 11) is 1.75. The number of amides is 1. The molecule has 2 atom stereocenters. The minimum atomic E-state index is -1.06. The van der Waals surface area contributed by atoms with Crippen LogP contribution in [0.3, 0.4) is 0 Å². The van der Waals surface area contributed by atoms with Gasteiger partial charge in [-0.3, -0.25) is 9.78 Å². The third-order valence-electron chi connectivity index (χ3n) is 5.80. The van der Waals surface area contributed by atoms with Crippen LogP contribution in [0.5, 0.6) is 5.75 Å². The van der Waals surface area contributed by atoms with E-state index in [0.717, 1.165) is 34.7 Å².